The average Bonchev–Trinajstić information content (AvgIpc) is 0.938. The maximum absolute atomic E-state index is 11.0. The van der Waals surface area contributed by atoms with Crippen molar-refractivity contribution >= 4 is 141 Å². The van der Waals surface area contributed by atoms with Crippen molar-refractivity contribution in [2.24, 2.45) is 0 Å². The van der Waals surface area contributed by atoms with E-state index in [2.05, 4.69) is 0 Å². The van der Waals surface area contributed by atoms with Crippen molar-refractivity contribution in [2.45, 2.75) is 0 Å². The van der Waals surface area contributed by atoms with Crippen LogP contribution in [-0.4, -0.2) is 141 Å². The molecule has 0 saturated heterocycles. The first kappa shape index (κ1) is 32.8. The Morgan fingerprint density at radius 3 is 0.294 bits per heavy atom. The zero-order chi connectivity index (χ0) is 12.8. The molecule has 0 N–H and O–H groups in total. The Labute approximate surface area is 179 Å². The Bertz CT molecular complexity index is 167. The molecule has 96 valence electrons. The maximum atomic E-state index is 9.90. The van der Waals surface area contributed by atoms with Crippen molar-refractivity contribution in [1.82, 2.24) is 0 Å². The van der Waals surface area contributed by atoms with Gasteiger partial charge in [-0.15, -0.1) is 0 Å². The fourth-order valence-electron chi connectivity index (χ4n) is 0. The van der Waals surface area contributed by atoms with E-state index in [0.717, 1.165) is 0 Å². The third-order valence-corrected chi connectivity index (χ3v) is 0. The second-order valence-corrected chi connectivity index (χ2v) is 7.42. The van der Waals surface area contributed by atoms with Gasteiger partial charge in [0.25, 0.3) is 0 Å². The standard InChI is InChI=1S/2Al.3Ca.12FH/h;;;;;12*1H/q2*+3;3*+2;;;;;;;;;;;;/p-12. The second-order valence-electron chi connectivity index (χ2n) is 2.47. The van der Waals surface area contributed by atoms with Crippen molar-refractivity contribution in [3.63, 3.8) is 0 Å². The average molecular weight is 402 g/mol. The molecule has 0 unspecified atom stereocenters. The molecule has 0 saturated carbocycles. The summed E-state index contributed by atoms with van der Waals surface area (Å²) in [6.07, 6.45) is 0. The summed E-state index contributed by atoms with van der Waals surface area (Å²) in [5.41, 5.74) is 0. The van der Waals surface area contributed by atoms with Crippen molar-refractivity contribution in [3.8, 4) is 0 Å². The molecule has 0 radical (unpaired) electrons. The fraction of sp³-hybridized carbons (Fsp3) is 0. The van der Waals surface area contributed by atoms with Gasteiger partial charge in [-0.1, -0.05) is 0 Å². The van der Waals surface area contributed by atoms with Crippen LogP contribution in [0.3, 0.4) is 0 Å². The van der Waals surface area contributed by atoms with Gasteiger partial charge >= 0.3 is 183 Å². The summed E-state index contributed by atoms with van der Waals surface area (Å²) in [5.74, 6) is 0. The van der Waals surface area contributed by atoms with Gasteiger partial charge in [0.05, 0.1) is 0 Å². The van der Waals surface area contributed by atoms with Crippen LogP contribution in [0, 0.1) is 0 Å². The molecule has 0 aromatic rings. The van der Waals surface area contributed by atoms with Gasteiger partial charge in [0, 0.05) is 0 Å². The van der Waals surface area contributed by atoms with E-state index in [9.17, 15) is 42.3 Å². The molecule has 17 heavy (non-hydrogen) atoms. The summed E-state index contributed by atoms with van der Waals surface area (Å²) in [5, 5.41) is 0. The zero-order valence-corrected chi connectivity index (χ0v) is 16.7. The van der Waals surface area contributed by atoms with Crippen LogP contribution in [-0.2, 0) is 0 Å². The van der Waals surface area contributed by atoms with Crippen LogP contribution >= 0.6 is 0 Å². The summed E-state index contributed by atoms with van der Waals surface area (Å²) in [4.78, 5) is 0. The quantitative estimate of drug-likeness (QED) is 0.432. The van der Waals surface area contributed by atoms with E-state index in [1.54, 1.807) is 0 Å². The molecule has 0 fully saturated rings. The van der Waals surface area contributed by atoms with Gasteiger partial charge in [-0.2, -0.15) is 0 Å². The van der Waals surface area contributed by atoms with Crippen LogP contribution in [0.25, 0.3) is 0 Å². The van der Waals surface area contributed by atoms with E-state index in [-0.39, 0.29) is 113 Å². The van der Waals surface area contributed by atoms with Gasteiger partial charge in [-0.05, 0) is 0 Å². The van der Waals surface area contributed by atoms with E-state index < -0.39 is 27.4 Å². The van der Waals surface area contributed by atoms with Gasteiger partial charge in [-0.25, -0.2) is 0 Å². The summed E-state index contributed by atoms with van der Waals surface area (Å²) < 4.78 is 119. The molecule has 0 bridgehead atoms. The molecule has 0 amide bonds. The monoisotopic (exact) mass is 402 g/mol. The van der Waals surface area contributed by atoms with Gasteiger partial charge < -0.3 is 0 Å². The Hall–Kier alpha value is 4.00. The molecule has 0 aliphatic heterocycles. The summed E-state index contributed by atoms with van der Waals surface area (Å²) in [7, 11) is 0. The Morgan fingerprint density at radius 2 is 0.294 bits per heavy atom. The van der Waals surface area contributed by atoms with Crippen LogP contribution in [0.2, 0.25) is 0 Å². The molecule has 0 aromatic carbocycles. The van der Waals surface area contributed by atoms with Gasteiger partial charge in [0.2, 0.25) is 0 Å². The molecule has 17 heteroatoms. The predicted octanol–water partition coefficient (Wildman–Crippen LogP) is 3.14. The molecular formula is Al2Ca3F12. The summed E-state index contributed by atoms with van der Waals surface area (Å²) >= 11 is -22.1. The second kappa shape index (κ2) is 6.25. The number of hydrogen-bond acceptors (Lipinski definition) is 0. The van der Waals surface area contributed by atoms with Crippen molar-refractivity contribution in [1.29, 1.82) is 0 Å². The third-order valence-electron chi connectivity index (χ3n) is 0. The van der Waals surface area contributed by atoms with E-state index in [4.69, 9.17) is 0 Å². The van der Waals surface area contributed by atoms with E-state index in [1.807, 2.05) is 0 Å². The van der Waals surface area contributed by atoms with Crippen LogP contribution in [0.4, 0.5) is 42.3 Å². The predicted molar refractivity (Wildman–Crippen MR) is 42.1 cm³/mol. The van der Waals surface area contributed by atoms with Crippen LogP contribution in [0.1, 0.15) is 0 Å². The Kier molecular flexibility index (Phi) is 12.1. The van der Waals surface area contributed by atoms with E-state index in [1.165, 1.54) is 0 Å². The van der Waals surface area contributed by atoms with E-state index in [0.29, 0.717) is 0 Å². The third kappa shape index (κ3) is 404. The van der Waals surface area contributed by atoms with Crippen LogP contribution in [0.15, 0.2) is 0 Å². The Morgan fingerprint density at radius 1 is 0.294 bits per heavy atom. The summed E-state index contributed by atoms with van der Waals surface area (Å²) in [6, 6.07) is 0. The molecule has 0 heterocycles. The molecule has 0 aliphatic carbocycles. The van der Waals surface area contributed by atoms with E-state index >= 15 is 0 Å². The summed E-state index contributed by atoms with van der Waals surface area (Å²) in [6.45, 7) is 0. The number of halogens is 12. The topological polar surface area (TPSA) is 0 Å². The molecule has 0 atom stereocenters. The fourth-order valence-corrected chi connectivity index (χ4v) is 0. The first-order valence-corrected chi connectivity index (χ1v) is 7.86. The molecule has 0 spiro atoms. The number of hydrogen-bond donors (Lipinski definition) is 0. The van der Waals surface area contributed by atoms with Crippen molar-refractivity contribution in [2.75, 3.05) is 0 Å². The Balaban J connectivity index is -0.0000000480. The van der Waals surface area contributed by atoms with Gasteiger partial charge in [-0.3, -0.25) is 0 Å². The van der Waals surface area contributed by atoms with Crippen molar-refractivity contribution < 1.29 is 42.3 Å². The zero-order valence-electron chi connectivity index (χ0n) is 7.81. The normalized spacial score (nSPS) is 19.1. The first-order valence-electron chi connectivity index (χ1n) is 2.62. The molecule has 0 rings (SSSR count). The first-order chi connectivity index (χ1) is 4.90. The van der Waals surface area contributed by atoms with Crippen LogP contribution < -0.4 is 0 Å². The minimum absolute atomic E-state index is 0. The van der Waals surface area contributed by atoms with Crippen LogP contribution in [0.5, 0.6) is 0 Å². The van der Waals surface area contributed by atoms with Gasteiger partial charge in [0.1, 0.15) is 0 Å². The molecule has 0 nitrogen and oxygen atoms in total. The molecular weight excluding hydrogens is 402 g/mol. The number of rotatable bonds is 0. The minimum atomic E-state index is -11.0. The molecule has 0 aliphatic rings. The van der Waals surface area contributed by atoms with Gasteiger partial charge in [0.15, 0.2) is 0 Å². The van der Waals surface area contributed by atoms with Crippen molar-refractivity contribution in [3.05, 3.63) is 0 Å². The molecule has 0 aromatic heterocycles. The SMILES string of the molecule is [Ca+2].[Ca+2].[Ca+2].[F][Al-3]([F])([F])([F])([F])[F].[F][Al-3]([F])([F])([F])([F])[F].